The van der Waals surface area contributed by atoms with Crippen LogP contribution < -0.4 is 10.6 Å². The number of fused-ring (bicyclic) bond motifs is 1. The number of aromatic nitrogens is 1. The Bertz CT molecular complexity index is 1220. The van der Waals surface area contributed by atoms with Gasteiger partial charge in [-0.2, -0.15) is 0 Å². The van der Waals surface area contributed by atoms with Crippen molar-refractivity contribution >= 4 is 56.5 Å². The van der Waals surface area contributed by atoms with Gasteiger partial charge in [0.25, 0.3) is 5.91 Å². The van der Waals surface area contributed by atoms with Crippen LogP contribution in [0.25, 0.3) is 10.8 Å². The third kappa shape index (κ3) is 5.48. The van der Waals surface area contributed by atoms with Crippen molar-refractivity contribution in [3.8, 4) is 0 Å². The topological polar surface area (TPSA) is 71.1 Å². The molecule has 0 aliphatic rings. The molecule has 1 heterocycles. The number of carbonyl (C=O) groups is 2. The van der Waals surface area contributed by atoms with E-state index in [-0.39, 0.29) is 23.4 Å². The number of nitrogens with zero attached hydrogens (tertiary/aromatic N) is 1. The maximum absolute atomic E-state index is 12.9. The van der Waals surface area contributed by atoms with Gasteiger partial charge in [0.15, 0.2) is 5.13 Å². The van der Waals surface area contributed by atoms with E-state index in [2.05, 4.69) is 15.6 Å². The van der Waals surface area contributed by atoms with Gasteiger partial charge in [0.05, 0.1) is 11.4 Å². The lowest BCUT2D eigenvalue weighted by Gasteiger charge is -2.06. The molecule has 0 fully saturated rings. The van der Waals surface area contributed by atoms with Gasteiger partial charge in [-0.25, -0.2) is 9.37 Å². The number of hydrogen-bond donors (Lipinski definition) is 2. The zero-order chi connectivity index (χ0) is 21.6. The summed E-state index contributed by atoms with van der Waals surface area (Å²) >= 11 is 2.76. The minimum atomic E-state index is -0.348. The number of halogens is 1. The zero-order valence-electron chi connectivity index (χ0n) is 16.3. The predicted octanol–water partition coefficient (Wildman–Crippen LogP) is 5.56. The SMILES string of the molecule is O=C(CSCc1csc(NC(=O)c2cccc3ccccc23)n1)Nc1ccc(F)cc1. The minimum Gasteiger partial charge on any atom is -0.325 e. The largest absolute Gasteiger partial charge is 0.325 e. The molecule has 8 heteroatoms. The highest BCUT2D eigenvalue weighted by molar-refractivity contribution is 7.99. The minimum absolute atomic E-state index is 0.170. The highest BCUT2D eigenvalue weighted by atomic mass is 32.2. The fourth-order valence-electron chi connectivity index (χ4n) is 3.00. The average molecular weight is 452 g/mol. The van der Waals surface area contributed by atoms with E-state index in [1.54, 1.807) is 6.07 Å². The van der Waals surface area contributed by atoms with Crippen LogP contribution in [0.2, 0.25) is 0 Å². The molecular weight excluding hydrogens is 433 g/mol. The molecule has 0 atom stereocenters. The van der Waals surface area contributed by atoms with E-state index in [9.17, 15) is 14.0 Å². The summed E-state index contributed by atoms with van der Waals surface area (Å²) in [5, 5.41) is 9.85. The normalized spacial score (nSPS) is 10.7. The number of thioether (sulfide) groups is 1. The number of hydrogen-bond acceptors (Lipinski definition) is 5. The molecule has 0 unspecified atom stereocenters. The summed E-state index contributed by atoms with van der Waals surface area (Å²) in [5.74, 6) is 0.0592. The van der Waals surface area contributed by atoms with E-state index < -0.39 is 0 Å². The first kappa shape index (κ1) is 21.0. The van der Waals surface area contributed by atoms with Crippen molar-refractivity contribution in [2.45, 2.75) is 5.75 Å². The van der Waals surface area contributed by atoms with E-state index in [1.165, 1.54) is 47.4 Å². The van der Waals surface area contributed by atoms with Crippen molar-refractivity contribution in [3.63, 3.8) is 0 Å². The number of anilines is 2. The number of benzene rings is 3. The van der Waals surface area contributed by atoms with Crippen LogP contribution in [-0.4, -0.2) is 22.6 Å². The Morgan fingerprint density at radius 1 is 0.968 bits per heavy atom. The van der Waals surface area contributed by atoms with Crippen molar-refractivity contribution in [1.29, 1.82) is 0 Å². The van der Waals surface area contributed by atoms with Crippen LogP contribution in [0.4, 0.5) is 15.2 Å². The number of thiazole rings is 1. The van der Waals surface area contributed by atoms with Gasteiger partial charge in [-0.05, 0) is 41.1 Å². The van der Waals surface area contributed by atoms with Crippen LogP contribution in [0.15, 0.2) is 72.1 Å². The third-order valence-electron chi connectivity index (χ3n) is 4.42. The lowest BCUT2D eigenvalue weighted by atomic mass is 10.0. The number of carbonyl (C=O) groups excluding carboxylic acids is 2. The Kier molecular flexibility index (Phi) is 6.59. The van der Waals surface area contributed by atoms with Crippen molar-refractivity contribution < 1.29 is 14.0 Å². The van der Waals surface area contributed by atoms with E-state index in [0.29, 0.717) is 22.1 Å². The summed E-state index contributed by atoms with van der Waals surface area (Å²) in [6, 6.07) is 19.0. The fourth-order valence-corrected chi connectivity index (χ4v) is 4.52. The van der Waals surface area contributed by atoms with Gasteiger partial charge < -0.3 is 5.32 Å². The summed E-state index contributed by atoms with van der Waals surface area (Å²) in [6.07, 6.45) is 0. The van der Waals surface area contributed by atoms with Crippen LogP contribution in [0.3, 0.4) is 0 Å². The summed E-state index contributed by atoms with van der Waals surface area (Å²) in [4.78, 5) is 29.1. The lowest BCUT2D eigenvalue weighted by Crippen LogP contribution is -2.14. The molecule has 1 aromatic heterocycles. The molecular formula is C23H18FN3O2S2. The Labute approximate surface area is 186 Å². The van der Waals surface area contributed by atoms with Crippen LogP contribution in [0.5, 0.6) is 0 Å². The van der Waals surface area contributed by atoms with Gasteiger partial charge in [0, 0.05) is 22.4 Å². The molecule has 0 aliphatic carbocycles. The first-order chi connectivity index (χ1) is 15.1. The molecule has 2 N–H and O–H groups in total. The lowest BCUT2D eigenvalue weighted by molar-refractivity contribution is -0.113. The Hall–Kier alpha value is -3.23. The summed E-state index contributed by atoms with van der Waals surface area (Å²) in [7, 11) is 0. The molecule has 0 saturated carbocycles. The van der Waals surface area contributed by atoms with Crippen LogP contribution in [-0.2, 0) is 10.5 Å². The van der Waals surface area contributed by atoms with Gasteiger partial charge in [0.1, 0.15) is 5.82 Å². The van der Waals surface area contributed by atoms with Gasteiger partial charge in [-0.1, -0.05) is 36.4 Å². The number of rotatable bonds is 7. The predicted molar refractivity (Wildman–Crippen MR) is 125 cm³/mol. The molecule has 2 amide bonds. The molecule has 0 spiro atoms. The second-order valence-electron chi connectivity index (χ2n) is 6.67. The first-order valence-electron chi connectivity index (χ1n) is 9.45. The Balaban J connectivity index is 1.29. The first-order valence-corrected chi connectivity index (χ1v) is 11.5. The van der Waals surface area contributed by atoms with E-state index in [0.717, 1.165) is 16.5 Å². The maximum Gasteiger partial charge on any atom is 0.258 e. The molecule has 4 aromatic rings. The van der Waals surface area contributed by atoms with Crippen molar-refractivity contribution in [2.75, 3.05) is 16.4 Å². The summed E-state index contributed by atoms with van der Waals surface area (Å²) < 4.78 is 12.9. The van der Waals surface area contributed by atoms with Crippen molar-refractivity contribution in [1.82, 2.24) is 4.98 Å². The van der Waals surface area contributed by atoms with E-state index >= 15 is 0 Å². The smallest absolute Gasteiger partial charge is 0.258 e. The second kappa shape index (κ2) is 9.72. The number of nitrogens with one attached hydrogen (secondary N) is 2. The van der Waals surface area contributed by atoms with Crippen molar-refractivity contribution in [3.05, 3.63) is 89.2 Å². The van der Waals surface area contributed by atoms with Crippen LogP contribution >= 0.6 is 23.1 Å². The van der Waals surface area contributed by atoms with Crippen LogP contribution in [0, 0.1) is 5.82 Å². The Morgan fingerprint density at radius 3 is 2.58 bits per heavy atom. The second-order valence-corrected chi connectivity index (χ2v) is 8.52. The van der Waals surface area contributed by atoms with Gasteiger partial charge in [0.2, 0.25) is 5.91 Å². The van der Waals surface area contributed by atoms with Gasteiger partial charge >= 0.3 is 0 Å². The van der Waals surface area contributed by atoms with Crippen LogP contribution in [0.1, 0.15) is 16.1 Å². The van der Waals surface area contributed by atoms with Crippen molar-refractivity contribution in [2.24, 2.45) is 0 Å². The van der Waals surface area contributed by atoms with Gasteiger partial charge in [-0.15, -0.1) is 23.1 Å². The number of amides is 2. The monoisotopic (exact) mass is 451 g/mol. The molecule has 0 saturated heterocycles. The quantitative estimate of drug-likeness (QED) is 0.386. The molecule has 0 bridgehead atoms. The van der Waals surface area contributed by atoms with E-state index in [1.807, 2.05) is 41.8 Å². The molecule has 31 heavy (non-hydrogen) atoms. The fraction of sp³-hybridized carbons (Fsp3) is 0.0870. The molecule has 156 valence electrons. The summed E-state index contributed by atoms with van der Waals surface area (Å²) in [6.45, 7) is 0. The maximum atomic E-state index is 12.9. The summed E-state index contributed by atoms with van der Waals surface area (Å²) in [5.41, 5.74) is 1.94. The molecule has 4 rings (SSSR count). The molecule has 0 radical (unpaired) electrons. The molecule has 0 aliphatic heterocycles. The average Bonchev–Trinajstić information content (AvgIpc) is 3.22. The molecule has 3 aromatic carbocycles. The highest BCUT2D eigenvalue weighted by Gasteiger charge is 2.12. The standard InChI is InChI=1S/C23H18FN3O2S2/c24-16-8-10-17(11-9-16)25-21(28)14-30-12-18-13-31-23(26-18)27-22(29)20-7-3-5-15-4-1-2-6-19(15)20/h1-11,13H,12,14H2,(H,25,28)(H,26,27,29). The zero-order valence-corrected chi connectivity index (χ0v) is 17.9. The third-order valence-corrected chi connectivity index (χ3v) is 6.19. The van der Waals surface area contributed by atoms with Gasteiger partial charge in [-0.3, -0.25) is 14.9 Å². The molecule has 5 nitrogen and oxygen atoms in total. The highest BCUT2D eigenvalue weighted by Crippen LogP contribution is 2.23. The van der Waals surface area contributed by atoms with E-state index in [4.69, 9.17) is 0 Å². The Morgan fingerprint density at radius 2 is 1.74 bits per heavy atom.